The van der Waals surface area contributed by atoms with Gasteiger partial charge in [-0.3, -0.25) is 0 Å². The fourth-order valence-electron chi connectivity index (χ4n) is 1.46. The van der Waals surface area contributed by atoms with Gasteiger partial charge in [0.15, 0.2) is 0 Å². The number of nitrogens with two attached hydrogens (primary N) is 1. The Morgan fingerprint density at radius 1 is 1.25 bits per heavy atom. The number of hydrogen-bond acceptors (Lipinski definition) is 5. The van der Waals surface area contributed by atoms with Crippen LogP contribution in [0.15, 0.2) is 18.2 Å². The van der Waals surface area contributed by atoms with E-state index in [2.05, 4.69) is 0 Å². The molecular formula is C14H16INO4. The van der Waals surface area contributed by atoms with E-state index < -0.39 is 11.9 Å². The number of hydrogen-bond donors (Lipinski definition) is 1. The van der Waals surface area contributed by atoms with Crippen LogP contribution in [0, 0.1) is 3.57 Å². The zero-order valence-corrected chi connectivity index (χ0v) is 13.5. The molecule has 0 heterocycles. The Hall–Kier alpha value is -1.57. The largest absolute Gasteiger partial charge is 0.463 e. The zero-order chi connectivity index (χ0) is 15.1. The van der Waals surface area contributed by atoms with Crippen molar-refractivity contribution in [3.63, 3.8) is 0 Å². The highest BCUT2D eigenvalue weighted by atomic mass is 127. The Bertz CT molecular complexity index is 540. The van der Waals surface area contributed by atoms with Crippen LogP contribution in [0.5, 0.6) is 0 Å². The Morgan fingerprint density at radius 3 is 2.50 bits per heavy atom. The van der Waals surface area contributed by atoms with Crippen LogP contribution in [0.1, 0.15) is 29.8 Å². The van der Waals surface area contributed by atoms with Crippen molar-refractivity contribution in [1.29, 1.82) is 0 Å². The maximum absolute atomic E-state index is 11.7. The molecular weight excluding hydrogens is 373 g/mol. The first-order valence-electron chi connectivity index (χ1n) is 6.10. The quantitative estimate of drug-likeness (QED) is 0.363. The maximum Gasteiger partial charge on any atom is 0.338 e. The Balaban J connectivity index is 3.06. The van der Waals surface area contributed by atoms with Crippen LogP contribution < -0.4 is 5.73 Å². The highest BCUT2D eigenvalue weighted by molar-refractivity contribution is 14.1. The van der Waals surface area contributed by atoms with Crippen molar-refractivity contribution < 1.29 is 19.1 Å². The standard InChI is InChI=1S/C14H16INO4/c1-3-19-12(17)6-5-9-7-10(14(18)20-4-2)8-11(15)13(9)16/h5-8H,3-4,16H2,1-2H3/b6-5+. The first-order chi connectivity index (χ1) is 9.49. The van der Waals surface area contributed by atoms with E-state index in [-0.39, 0.29) is 0 Å². The summed E-state index contributed by atoms with van der Waals surface area (Å²) in [6.45, 7) is 4.07. The lowest BCUT2D eigenvalue weighted by Gasteiger charge is -2.08. The molecule has 0 atom stereocenters. The van der Waals surface area contributed by atoms with Gasteiger partial charge in [-0.25, -0.2) is 9.59 Å². The third-order valence-electron chi connectivity index (χ3n) is 2.36. The average molecular weight is 389 g/mol. The third-order valence-corrected chi connectivity index (χ3v) is 3.25. The fraction of sp³-hybridized carbons (Fsp3) is 0.286. The summed E-state index contributed by atoms with van der Waals surface area (Å²) in [6, 6.07) is 3.24. The lowest BCUT2D eigenvalue weighted by Crippen LogP contribution is -2.07. The van der Waals surface area contributed by atoms with Crippen LogP contribution in [0.4, 0.5) is 5.69 Å². The van der Waals surface area contributed by atoms with Gasteiger partial charge >= 0.3 is 11.9 Å². The zero-order valence-electron chi connectivity index (χ0n) is 11.3. The highest BCUT2D eigenvalue weighted by Gasteiger charge is 2.11. The van der Waals surface area contributed by atoms with Gasteiger partial charge in [0.05, 0.1) is 24.5 Å². The van der Waals surface area contributed by atoms with Crippen molar-refractivity contribution >= 4 is 46.3 Å². The molecule has 0 spiro atoms. The highest BCUT2D eigenvalue weighted by Crippen LogP contribution is 2.24. The van der Waals surface area contributed by atoms with Gasteiger partial charge in [-0.15, -0.1) is 0 Å². The Kier molecular flexibility index (Phi) is 6.50. The Morgan fingerprint density at radius 2 is 1.90 bits per heavy atom. The van der Waals surface area contributed by atoms with Crippen molar-refractivity contribution in [2.75, 3.05) is 18.9 Å². The van der Waals surface area contributed by atoms with E-state index in [1.165, 1.54) is 12.2 Å². The van der Waals surface area contributed by atoms with Gasteiger partial charge in [0, 0.05) is 9.65 Å². The molecule has 0 aliphatic rings. The summed E-state index contributed by atoms with van der Waals surface area (Å²) in [5.41, 5.74) is 7.40. The number of ether oxygens (including phenoxy) is 2. The monoisotopic (exact) mass is 389 g/mol. The van der Waals surface area contributed by atoms with E-state index in [4.69, 9.17) is 15.2 Å². The molecule has 0 aromatic heterocycles. The molecule has 0 aliphatic heterocycles. The fourth-order valence-corrected chi connectivity index (χ4v) is 2.10. The summed E-state index contributed by atoms with van der Waals surface area (Å²) in [5.74, 6) is -0.875. The van der Waals surface area contributed by atoms with E-state index in [0.29, 0.717) is 30.0 Å². The lowest BCUT2D eigenvalue weighted by molar-refractivity contribution is -0.137. The molecule has 0 amide bonds. The summed E-state index contributed by atoms with van der Waals surface area (Å²) in [4.78, 5) is 23.0. The second-order valence-corrected chi connectivity index (χ2v) is 4.93. The minimum Gasteiger partial charge on any atom is -0.463 e. The smallest absolute Gasteiger partial charge is 0.338 e. The molecule has 0 saturated heterocycles. The first kappa shape index (κ1) is 16.5. The molecule has 0 aliphatic carbocycles. The summed E-state index contributed by atoms with van der Waals surface area (Å²) >= 11 is 2.03. The lowest BCUT2D eigenvalue weighted by atomic mass is 10.1. The molecule has 2 N–H and O–H groups in total. The van der Waals surface area contributed by atoms with Gasteiger partial charge in [0.1, 0.15) is 0 Å². The Labute approximate surface area is 131 Å². The van der Waals surface area contributed by atoms with Gasteiger partial charge in [-0.1, -0.05) is 0 Å². The second kappa shape index (κ2) is 7.88. The average Bonchev–Trinajstić information content (AvgIpc) is 2.40. The molecule has 5 nitrogen and oxygen atoms in total. The number of nitrogen functional groups attached to an aromatic ring is 1. The molecule has 108 valence electrons. The third kappa shape index (κ3) is 4.52. The SMILES string of the molecule is CCOC(=O)/C=C/c1cc(C(=O)OCC)cc(I)c1N. The van der Waals surface area contributed by atoms with Gasteiger partial charge in [-0.2, -0.15) is 0 Å². The van der Waals surface area contributed by atoms with E-state index in [0.717, 1.165) is 3.57 Å². The van der Waals surface area contributed by atoms with Gasteiger partial charge < -0.3 is 15.2 Å². The van der Waals surface area contributed by atoms with Gasteiger partial charge in [0.2, 0.25) is 0 Å². The number of anilines is 1. The summed E-state index contributed by atoms with van der Waals surface area (Å²) in [5, 5.41) is 0. The maximum atomic E-state index is 11.7. The van der Waals surface area contributed by atoms with Crippen LogP contribution >= 0.6 is 22.6 Å². The molecule has 1 rings (SSSR count). The topological polar surface area (TPSA) is 78.6 Å². The summed E-state index contributed by atoms with van der Waals surface area (Å²) < 4.78 is 10.5. The van der Waals surface area contributed by atoms with E-state index in [1.54, 1.807) is 26.0 Å². The van der Waals surface area contributed by atoms with Crippen molar-refractivity contribution in [3.05, 3.63) is 32.9 Å². The van der Waals surface area contributed by atoms with Crippen molar-refractivity contribution in [1.82, 2.24) is 0 Å². The predicted molar refractivity (Wildman–Crippen MR) is 85.2 cm³/mol. The van der Waals surface area contributed by atoms with E-state index >= 15 is 0 Å². The molecule has 0 radical (unpaired) electrons. The molecule has 0 fully saturated rings. The first-order valence-corrected chi connectivity index (χ1v) is 7.18. The summed E-state index contributed by atoms with van der Waals surface area (Å²) in [7, 11) is 0. The van der Waals surface area contributed by atoms with Crippen LogP contribution in [-0.2, 0) is 14.3 Å². The minimum absolute atomic E-state index is 0.299. The van der Waals surface area contributed by atoms with Crippen molar-refractivity contribution in [2.24, 2.45) is 0 Å². The molecule has 20 heavy (non-hydrogen) atoms. The molecule has 0 unspecified atom stereocenters. The van der Waals surface area contributed by atoms with E-state index in [1.807, 2.05) is 22.6 Å². The molecule has 1 aromatic rings. The number of carbonyl (C=O) groups excluding carboxylic acids is 2. The van der Waals surface area contributed by atoms with Crippen molar-refractivity contribution in [2.45, 2.75) is 13.8 Å². The van der Waals surface area contributed by atoms with Crippen LogP contribution in [0.25, 0.3) is 6.08 Å². The van der Waals surface area contributed by atoms with E-state index in [9.17, 15) is 9.59 Å². The molecule has 6 heteroatoms. The molecule has 0 bridgehead atoms. The van der Waals surface area contributed by atoms with Gasteiger partial charge in [-0.05, 0) is 60.2 Å². The van der Waals surface area contributed by atoms with Crippen LogP contribution in [0.2, 0.25) is 0 Å². The number of esters is 2. The second-order valence-electron chi connectivity index (χ2n) is 3.77. The van der Waals surface area contributed by atoms with Gasteiger partial charge in [0.25, 0.3) is 0 Å². The molecule has 0 saturated carbocycles. The summed E-state index contributed by atoms with van der Waals surface area (Å²) in [6.07, 6.45) is 2.80. The number of carbonyl (C=O) groups is 2. The molecule has 1 aromatic carbocycles. The van der Waals surface area contributed by atoms with Crippen LogP contribution in [-0.4, -0.2) is 25.2 Å². The normalized spacial score (nSPS) is 10.6. The van der Waals surface area contributed by atoms with Crippen molar-refractivity contribution in [3.8, 4) is 0 Å². The number of benzene rings is 1. The number of rotatable bonds is 5. The minimum atomic E-state index is -0.455. The number of halogens is 1. The predicted octanol–water partition coefficient (Wildman–Crippen LogP) is 2.63. The van der Waals surface area contributed by atoms with Crippen LogP contribution in [0.3, 0.4) is 0 Å².